The summed E-state index contributed by atoms with van der Waals surface area (Å²) in [6.45, 7) is 2.56. The molecular formula is C17H23N3O3S. The van der Waals surface area contributed by atoms with Crippen LogP contribution >= 0.6 is 12.6 Å². The molecule has 0 radical (unpaired) electrons. The van der Waals surface area contributed by atoms with Crippen LogP contribution in [0.2, 0.25) is 0 Å². The van der Waals surface area contributed by atoms with Gasteiger partial charge in [0.15, 0.2) is 0 Å². The van der Waals surface area contributed by atoms with E-state index in [2.05, 4.69) is 12.6 Å². The van der Waals surface area contributed by atoms with Crippen LogP contribution in [0, 0.1) is 5.41 Å². The van der Waals surface area contributed by atoms with Gasteiger partial charge < -0.3 is 10.6 Å². The minimum Gasteiger partial charge on any atom is -0.368 e. The summed E-state index contributed by atoms with van der Waals surface area (Å²) in [6, 6.07) is 9.41. The monoisotopic (exact) mass is 349 g/mol. The van der Waals surface area contributed by atoms with E-state index >= 15 is 0 Å². The summed E-state index contributed by atoms with van der Waals surface area (Å²) in [5, 5.41) is 1.93. The molecule has 2 N–H and O–H groups in total. The normalized spacial score (nSPS) is 21.5. The Hall–Kier alpha value is -1.57. The van der Waals surface area contributed by atoms with Crippen LogP contribution in [0.15, 0.2) is 30.3 Å². The highest BCUT2D eigenvalue weighted by atomic mass is 32.1. The van der Waals surface area contributed by atoms with Gasteiger partial charge in [0.25, 0.3) is 0 Å². The van der Waals surface area contributed by atoms with Gasteiger partial charge >= 0.3 is 0 Å². The van der Waals surface area contributed by atoms with Crippen molar-refractivity contribution in [1.29, 1.82) is 0 Å². The fourth-order valence-corrected chi connectivity index (χ4v) is 3.81. The van der Waals surface area contributed by atoms with E-state index in [1.807, 2.05) is 35.4 Å². The Kier molecular flexibility index (Phi) is 5.12. The third-order valence-electron chi connectivity index (χ3n) is 5.00. The van der Waals surface area contributed by atoms with Gasteiger partial charge in [-0.1, -0.05) is 30.3 Å². The van der Waals surface area contributed by atoms with Crippen molar-refractivity contribution >= 4 is 24.4 Å². The number of primary amides is 1. The van der Waals surface area contributed by atoms with Crippen LogP contribution in [-0.2, 0) is 21.0 Å². The molecule has 1 aromatic carbocycles. The quantitative estimate of drug-likeness (QED) is 0.589. The number of benzene rings is 1. The summed E-state index contributed by atoms with van der Waals surface area (Å²) < 4.78 is 0. The lowest BCUT2D eigenvalue weighted by Crippen LogP contribution is -2.69. The number of amides is 2. The molecule has 2 amide bonds. The zero-order valence-corrected chi connectivity index (χ0v) is 14.5. The van der Waals surface area contributed by atoms with Crippen molar-refractivity contribution < 1.29 is 14.4 Å². The highest BCUT2D eigenvalue weighted by Gasteiger charge is 2.55. The lowest BCUT2D eigenvalue weighted by molar-refractivity contribution is -0.209. The highest BCUT2D eigenvalue weighted by molar-refractivity contribution is 7.80. The molecule has 0 saturated carbocycles. The van der Waals surface area contributed by atoms with Crippen molar-refractivity contribution in [2.24, 2.45) is 11.1 Å². The van der Waals surface area contributed by atoms with Gasteiger partial charge in [-0.05, 0) is 18.4 Å². The Labute approximate surface area is 147 Å². The fourth-order valence-electron chi connectivity index (χ4n) is 3.43. The van der Waals surface area contributed by atoms with E-state index < -0.39 is 11.9 Å². The van der Waals surface area contributed by atoms with Gasteiger partial charge in [-0.25, -0.2) is 0 Å². The highest BCUT2D eigenvalue weighted by Crippen LogP contribution is 2.42. The molecule has 2 fully saturated rings. The van der Waals surface area contributed by atoms with E-state index in [4.69, 9.17) is 10.6 Å². The molecule has 24 heavy (non-hydrogen) atoms. The topological polar surface area (TPSA) is 75.9 Å². The third-order valence-corrected chi connectivity index (χ3v) is 5.35. The first-order valence-corrected chi connectivity index (χ1v) is 8.82. The average molecular weight is 349 g/mol. The number of carbonyl (C=O) groups excluding carboxylic acids is 2. The number of likely N-dealkylation sites (tertiary alicyclic amines) is 1. The van der Waals surface area contributed by atoms with Crippen molar-refractivity contribution in [2.75, 3.05) is 25.4 Å². The van der Waals surface area contributed by atoms with Crippen LogP contribution < -0.4 is 5.73 Å². The fraction of sp³-hybridized carbons (Fsp3) is 0.529. The van der Waals surface area contributed by atoms with Gasteiger partial charge in [-0.15, -0.1) is 0 Å². The van der Waals surface area contributed by atoms with Gasteiger partial charge in [0.2, 0.25) is 11.8 Å². The van der Waals surface area contributed by atoms with Gasteiger partial charge in [0.05, 0.1) is 12.0 Å². The van der Waals surface area contributed by atoms with Gasteiger partial charge in [-0.2, -0.15) is 17.7 Å². The van der Waals surface area contributed by atoms with Crippen LogP contribution in [0.5, 0.6) is 0 Å². The molecule has 1 spiro atoms. The number of hydrogen-bond acceptors (Lipinski definition) is 5. The maximum Gasteiger partial charge on any atom is 0.241 e. The Morgan fingerprint density at radius 1 is 1.29 bits per heavy atom. The molecule has 2 heterocycles. The molecule has 130 valence electrons. The summed E-state index contributed by atoms with van der Waals surface area (Å²) in [5.41, 5.74) is 6.13. The van der Waals surface area contributed by atoms with E-state index in [1.165, 1.54) is 0 Å². The molecule has 3 rings (SSSR count). The number of carbonyl (C=O) groups is 2. The van der Waals surface area contributed by atoms with E-state index in [0.717, 1.165) is 18.4 Å². The number of piperidine rings is 1. The largest absolute Gasteiger partial charge is 0.368 e. The molecule has 6 nitrogen and oxygen atoms in total. The average Bonchev–Trinajstić information content (AvgIpc) is 2.61. The van der Waals surface area contributed by atoms with Crippen LogP contribution in [0.3, 0.4) is 0 Å². The molecule has 0 unspecified atom stereocenters. The maximum absolute atomic E-state index is 12.6. The van der Waals surface area contributed by atoms with Crippen LogP contribution in [0.1, 0.15) is 18.4 Å². The molecule has 0 aliphatic carbocycles. The molecular weight excluding hydrogens is 326 g/mol. The second-order valence-electron chi connectivity index (χ2n) is 6.50. The lowest BCUT2D eigenvalue weighted by Gasteiger charge is -2.53. The first-order chi connectivity index (χ1) is 11.6. The maximum atomic E-state index is 12.6. The Morgan fingerprint density at radius 3 is 2.50 bits per heavy atom. The zero-order valence-electron chi connectivity index (χ0n) is 13.6. The molecule has 0 aromatic heterocycles. The van der Waals surface area contributed by atoms with Crippen LogP contribution in [-0.4, -0.2) is 53.2 Å². The summed E-state index contributed by atoms with van der Waals surface area (Å²) >= 11 is 4.13. The summed E-state index contributed by atoms with van der Waals surface area (Å²) in [7, 11) is 0. The number of hydrogen-bond donors (Lipinski definition) is 2. The minimum atomic E-state index is -0.598. The second kappa shape index (κ2) is 7.13. The number of nitrogens with zero attached hydrogens (tertiary/aromatic N) is 2. The zero-order chi connectivity index (χ0) is 17.2. The van der Waals surface area contributed by atoms with E-state index in [0.29, 0.717) is 26.2 Å². The molecule has 2 aliphatic heterocycles. The number of hydroxylamine groups is 2. The number of rotatable bonds is 6. The van der Waals surface area contributed by atoms with Crippen molar-refractivity contribution in [3.05, 3.63) is 35.9 Å². The smallest absolute Gasteiger partial charge is 0.241 e. The van der Waals surface area contributed by atoms with Crippen LogP contribution in [0.4, 0.5) is 0 Å². The molecule has 0 bridgehead atoms. The molecule has 2 aliphatic rings. The van der Waals surface area contributed by atoms with Crippen molar-refractivity contribution in [3.63, 3.8) is 0 Å². The van der Waals surface area contributed by atoms with E-state index in [9.17, 15) is 9.59 Å². The first kappa shape index (κ1) is 17.3. The number of thiol groups is 1. The number of β-lactam (4-membered cyclic amide) rings is 1. The molecule has 7 heteroatoms. The first-order valence-electron chi connectivity index (χ1n) is 8.19. The Balaban J connectivity index is 1.49. The predicted octanol–water partition coefficient (Wildman–Crippen LogP) is 0.826. The van der Waals surface area contributed by atoms with Crippen molar-refractivity contribution in [2.45, 2.75) is 25.5 Å². The molecule has 2 saturated heterocycles. The van der Waals surface area contributed by atoms with Gasteiger partial charge in [0, 0.05) is 25.4 Å². The van der Waals surface area contributed by atoms with Crippen LogP contribution in [0.25, 0.3) is 0 Å². The Bertz CT molecular complexity index is 602. The minimum absolute atomic E-state index is 0.0306. The van der Waals surface area contributed by atoms with Gasteiger partial charge in [-0.3, -0.25) is 14.4 Å². The lowest BCUT2D eigenvalue weighted by atomic mass is 9.70. The Morgan fingerprint density at radius 2 is 1.96 bits per heavy atom. The van der Waals surface area contributed by atoms with Gasteiger partial charge in [0.1, 0.15) is 6.04 Å². The standard InChI is InChI=1S/C17H23N3O3S/c18-15(21)14(11-24)20-12-17(16(20)22)6-8-19(9-7-17)23-10-13-4-2-1-3-5-13/h1-5,14,24H,6-12H2,(H2,18,21)/t14-/m0/s1. The molecule has 1 aromatic rings. The SMILES string of the molecule is NC(=O)[C@H](CS)N1CC2(CCN(OCc3ccccc3)CC2)C1=O. The predicted molar refractivity (Wildman–Crippen MR) is 93.0 cm³/mol. The number of nitrogens with two attached hydrogens (primary N) is 1. The third kappa shape index (κ3) is 3.29. The summed E-state index contributed by atoms with van der Waals surface area (Å²) in [4.78, 5) is 31.3. The van der Waals surface area contributed by atoms with E-state index in [-0.39, 0.29) is 17.1 Å². The van der Waals surface area contributed by atoms with E-state index in [1.54, 1.807) is 4.90 Å². The molecule has 1 atom stereocenters. The van der Waals surface area contributed by atoms with Crippen molar-refractivity contribution in [1.82, 2.24) is 9.96 Å². The summed E-state index contributed by atoms with van der Waals surface area (Å²) in [5.74, 6) is -0.191. The van der Waals surface area contributed by atoms with Crippen molar-refractivity contribution in [3.8, 4) is 0 Å². The second-order valence-corrected chi connectivity index (χ2v) is 6.87. The summed E-state index contributed by atoms with van der Waals surface area (Å²) in [6.07, 6.45) is 1.49.